The van der Waals surface area contributed by atoms with Crippen LogP contribution in [0.2, 0.25) is 0 Å². The highest BCUT2D eigenvalue weighted by molar-refractivity contribution is 5.82. The van der Waals surface area contributed by atoms with Crippen LogP contribution in [0.15, 0.2) is 55.1 Å². The van der Waals surface area contributed by atoms with E-state index >= 15 is 0 Å². The van der Waals surface area contributed by atoms with Gasteiger partial charge in [0.15, 0.2) is 0 Å². The number of carbonyl (C=O) groups excluding carboxylic acids is 1. The summed E-state index contributed by atoms with van der Waals surface area (Å²) in [6, 6.07) is 12.7. The zero-order chi connectivity index (χ0) is 20.4. The number of carbonyl (C=O) groups is 1. The molecule has 0 aliphatic carbocycles. The molecule has 2 aromatic rings. The number of hydrogen-bond donors (Lipinski definition) is 1. The summed E-state index contributed by atoms with van der Waals surface area (Å²) in [6.07, 6.45) is 2.38. The monoisotopic (exact) mass is 395 g/mol. The first kappa shape index (κ1) is 19.3. The van der Waals surface area contributed by atoms with Crippen LogP contribution in [0.5, 0.6) is 5.75 Å². The third kappa shape index (κ3) is 3.79. The number of amides is 1. The topological polar surface area (TPSA) is 44.8 Å². The number of ether oxygens (including phenoxy) is 1. The Hall–Kier alpha value is -3.02. The Bertz CT molecular complexity index is 899. The van der Waals surface area contributed by atoms with Crippen LogP contribution in [0.4, 0.5) is 15.8 Å². The van der Waals surface area contributed by atoms with E-state index in [9.17, 15) is 9.18 Å². The van der Waals surface area contributed by atoms with Crippen molar-refractivity contribution in [2.75, 3.05) is 43.1 Å². The van der Waals surface area contributed by atoms with E-state index in [0.29, 0.717) is 19.5 Å². The Morgan fingerprint density at radius 1 is 1.28 bits per heavy atom. The molecule has 2 aliphatic heterocycles. The first-order chi connectivity index (χ1) is 14.1. The number of benzene rings is 2. The van der Waals surface area contributed by atoms with Gasteiger partial charge in [-0.05, 0) is 42.3 Å². The van der Waals surface area contributed by atoms with E-state index in [1.807, 2.05) is 6.07 Å². The number of nitrogens with one attached hydrogen (secondary N) is 1. The first-order valence-corrected chi connectivity index (χ1v) is 9.93. The summed E-state index contributed by atoms with van der Waals surface area (Å²) in [5, 5.41) is 2.97. The molecule has 2 heterocycles. The van der Waals surface area contributed by atoms with Crippen LogP contribution < -0.4 is 19.9 Å². The lowest BCUT2D eigenvalue weighted by Crippen LogP contribution is -2.61. The van der Waals surface area contributed by atoms with Crippen molar-refractivity contribution in [3.63, 3.8) is 0 Å². The number of nitrogens with zero attached hydrogens (tertiary/aromatic N) is 2. The number of hydrogen-bond acceptors (Lipinski definition) is 4. The second kappa shape index (κ2) is 8.15. The van der Waals surface area contributed by atoms with E-state index < -0.39 is 0 Å². The van der Waals surface area contributed by atoms with Gasteiger partial charge >= 0.3 is 0 Å². The molecule has 0 bridgehead atoms. The first-order valence-electron chi connectivity index (χ1n) is 9.93. The van der Waals surface area contributed by atoms with Crippen molar-refractivity contribution in [3.8, 4) is 5.75 Å². The fourth-order valence-electron chi connectivity index (χ4n) is 4.39. The van der Waals surface area contributed by atoms with Crippen molar-refractivity contribution in [1.82, 2.24) is 5.32 Å². The number of anilines is 2. The molecule has 0 aromatic heterocycles. The normalized spacial score (nSPS) is 20.5. The minimum absolute atomic E-state index is 0.0261. The molecule has 1 amide bonds. The van der Waals surface area contributed by atoms with Crippen molar-refractivity contribution in [1.29, 1.82) is 0 Å². The smallest absolute Gasteiger partial charge is 0.225 e. The summed E-state index contributed by atoms with van der Waals surface area (Å²) < 4.78 is 18.8. The number of methoxy groups -OCH3 is 1. The Morgan fingerprint density at radius 3 is 2.79 bits per heavy atom. The lowest BCUT2D eigenvalue weighted by molar-refractivity contribution is -0.125. The zero-order valence-corrected chi connectivity index (χ0v) is 16.6. The van der Waals surface area contributed by atoms with Gasteiger partial charge in [-0.25, -0.2) is 4.39 Å². The highest BCUT2D eigenvalue weighted by Crippen LogP contribution is 2.38. The lowest BCUT2D eigenvalue weighted by Gasteiger charge is -2.49. The molecule has 152 valence electrons. The van der Waals surface area contributed by atoms with Gasteiger partial charge in [0.05, 0.1) is 19.1 Å². The van der Waals surface area contributed by atoms with Gasteiger partial charge in [-0.1, -0.05) is 12.1 Å². The van der Waals surface area contributed by atoms with Crippen molar-refractivity contribution >= 4 is 17.3 Å². The number of halogens is 1. The number of rotatable bonds is 5. The molecule has 0 spiro atoms. The van der Waals surface area contributed by atoms with Gasteiger partial charge in [-0.15, -0.1) is 6.58 Å². The van der Waals surface area contributed by atoms with Gasteiger partial charge in [0, 0.05) is 43.6 Å². The third-order valence-corrected chi connectivity index (χ3v) is 5.87. The summed E-state index contributed by atoms with van der Waals surface area (Å²) in [7, 11) is 1.67. The summed E-state index contributed by atoms with van der Waals surface area (Å²) in [5.74, 6) is 0.451. The standard InChI is InChI=1S/C23H26FN3O2/c1-3-10-25-23(28)20-13-16-4-9-19(29-2)14-21(16)27-12-11-26(15-22(20)27)18-7-5-17(24)6-8-18/h3-9,14,20,22H,1,10-13,15H2,2H3,(H,25,28)/t20-,22-/m1/s1. The quantitative estimate of drug-likeness (QED) is 0.791. The molecular formula is C23H26FN3O2. The van der Waals surface area contributed by atoms with Gasteiger partial charge in [0.2, 0.25) is 5.91 Å². The summed E-state index contributed by atoms with van der Waals surface area (Å²) in [5.41, 5.74) is 3.28. The highest BCUT2D eigenvalue weighted by atomic mass is 19.1. The highest BCUT2D eigenvalue weighted by Gasteiger charge is 2.41. The molecule has 2 aliphatic rings. The molecule has 1 fully saturated rings. The minimum Gasteiger partial charge on any atom is -0.497 e. The van der Waals surface area contributed by atoms with E-state index in [4.69, 9.17) is 4.74 Å². The molecule has 5 nitrogen and oxygen atoms in total. The summed E-state index contributed by atoms with van der Waals surface area (Å²) in [4.78, 5) is 17.5. The SMILES string of the molecule is C=CCNC(=O)[C@@H]1Cc2ccc(OC)cc2N2CCN(c3ccc(F)cc3)C[C@H]12. The van der Waals surface area contributed by atoms with Crippen LogP contribution in [-0.2, 0) is 11.2 Å². The maximum absolute atomic E-state index is 13.3. The fourth-order valence-corrected chi connectivity index (χ4v) is 4.39. The number of piperazine rings is 1. The van der Waals surface area contributed by atoms with Crippen LogP contribution >= 0.6 is 0 Å². The van der Waals surface area contributed by atoms with E-state index in [1.54, 1.807) is 25.3 Å². The molecule has 29 heavy (non-hydrogen) atoms. The van der Waals surface area contributed by atoms with Crippen LogP contribution in [0.25, 0.3) is 0 Å². The summed E-state index contributed by atoms with van der Waals surface area (Å²) >= 11 is 0. The summed E-state index contributed by atoms with van der Waals surface area (Å²) in [6.45, 7) is 6.45. The predicted molar refractivity (Wildman–Crippen MR) is 113 cm³/mol. The molecule has 2 atom stereocenters. The van der Waals surface area contributed by atoms with Crippen LogP contribution in [0.3, 0.4) is 0 Å². The molecule has 2 aromatic carbocycles. The molecule has 0 radical (unpaired) electrons. The van der Waals surface area contributed by atoms with Gasteiger partial charge in [-0.3, -0.25) is 4.79 Å². The largest absolute Gasteiger partial charge is 0.497 e. The van der Waals surface area contributed by atoms with Crippen molar-refractivity contribution in [2.45, 2.75) is 12.5 Å². The number of fused-ring (bicyclic) bond motifs is 3. The van der Waals surface area contributed by atoms with Gasteiger partial charge in [0.1, 0.15) is 11.6 Å². The van der Waals surface area contributed by atoms with Crippen molar-refractivity contribution in [3.05, 3.63) is 66.5 Å². The molecule has 1 N–H and O–H groups in total. The predicted octanol–water partition coefficient (Wildman–Crippen LogP) is 3.00. The minimum atomic E-state index is -0.243. The van der Waals surface area contributed by atoms with Crippen molar-refractivity contribution < 1.29 is 13.9 Å². The van der Waals surface area contributed by atoms with E-state index in [1.165, 1.54) is 12.1 Å². The van der Waals surface area contributed by atoms with Crippen LogP contribution in [-0.4, -0.2) is 45.2 Å². The molecule has 6 heteroatoms. The molecular weight excluding hydrogens is 369 g/mol. The van der Waals surface area contributed by atoms with E-state index in [0.717, 1.165) is 35.8 Å². The Morgan fingerprint density at radius 2 is 2.07 bits per heavy atom. The van der Waals surface area contributed by atoms with E-state index in [2.05, 4.69) is 33.8 Å². The Labute approximate surface area is 170 Å². The van der Waals surface area contributed by atoms with Crippen molar-refractivity contribution in [2.24, 2.45) is 5.92 Å². The maximum atomic E-state index is 13.3. The lowest BCUT2D eigenvalue weighted by atomic mass is 9.83. The van der Waals surface area contributed by atoms with Crippen LogP contribution in [0.1, 0.15) is 5.56 Å². The molecule has 4 rings (SSSR count). The molecule has 0 unspecified atom stereocenters. The van der Waals surface area contributed by atoms with E-state index in [-0.39, 0.29) is 23.7 Å². The maximum Gasteiger partial charge on any atom is 0.225 e. The Kier molecular flexibility index (Phi) is 5.43. The van der Waals surface area contributed by atoms with Crippen LogP contribution in [0, 0.1) is 11.7 Å². The Balaban J connectivity index is 1.65. The second-order valence-electron chi connectivity index (χ2n) is 7.52. The second-order valence-corrected chi connectivity index (χ2v) is 7.52. The van der Waals surface area contributed by atoms with Gasteiger partial charge < -0.3 is 19.9 Å². The molecule has 1 saturated heterocycles. The third-order valence-electron chi connectivity index (χ3n) is 5.87. The average Bonchev–Trinajstić information content (AvgIpc) is 2.76. The fraction of sp³-hybridized carbons (Fsp3) is 0.348. The van der Waals surface area contributed by atoms with Gasteiger partial charge in [0.25, 0.3) is 0 Å². The van der Waals surface area contributed by atoms with Gasteiger partial charge in [-0.2, -0.15) is 0 Å². The average molecular weight is 395 g/mol. The zero-order valence-electron chi connectivity index (χ0n) is 16.6. The molecule has 0 saturated carbocycles.